The third-order valence-corrected chi connectivity index (χ3v) is 3.82. The highest BCUT2D eigenvalue weighted by atomic mass is 15.1. The predicted octanol–water partition coefficient (Wildman–Crippen LogP) is 2.64. The number of anilines is 1. The third kappa shape index (κ3) is 2.63. The van der Waals surface area contributed by atoms with E-state index in [1.807, 2.05) is 6.20 Å². The van der Waals surface area contributed by atoms with E-state index in [4.69, 9.17) is 5.73 Å². The molecule has 0 spiro atoms. The summed E-state index contributed by atoms with van der Waals surface area (Å²) in [4.78, 5) is 2.53. The number of rotatable bonds is 3. The zero-order chi connectivity index (χ0) is 13.1. The molecule has 0 aliphatic carbocycles. The fourth-order valence-electron chi connectivity index (χ4n) is 2.79. The van der Waals surface area contributed by atoms with Crippen molar-refractivity contribution in [1.82, 2.24) is 15.1 Å². The van der Waals surface area contributed by atoms with Gasteiger partial charge in [0.15, 0.2) is 0 Å². The molecule has 19 heavy (non-hydrogen) atoms. The molecule has 1 fully saturated rings. The highest BCUT2D eigenvalue weighted by Gasteiger charge is 2.14. The van der Waals surface area contributed by atoms with Gasteiger partial charge in [-0.05, 0) is 37.1 Å². The lowest BCUT2D eigenvalue weighted by molar-refractivity contribution is 0.221. The van der Waals surface area contributed by atoms with Gasteiger partial charge in [0.05, 0.1) is 6.20 Å². The minimum atomic E-state index is 0.645. The van der Waals surface area contributed by atoms with Gasteiger partial charge in [-0.3, -0.25) is 10.00 Å². The first kappa shape index (κ1) is 12.2. The minimum absolute atomic E-state index is 0.645. The number of nitrogens with two attached hydrogens (primary N) is 1. The Morgan fingerprint density at radius 1 is 1.11 bits per heavy atom. The Morgan fingerprint density at radius 3 is 2.63 bits per heavy atom. The van der Waals surface area contributed by atoms with Crippen molar-refractivity contribution in [2.24, 2.45) is 0 Å². The Balaban J connectivity index is 1.87. The summed E-state index contributed by atoms with van der Waals surface area (Å²) in [6, 6.07) is 8.47. The monoisotopic (exact) mass is 256 g/mol. The molecule has 0 radical (unpaired) electrons. The van der Waals surface area contributed by atoms with Crippen molar-refractivity contribution in [2.75, 3.05) is 18.8 Å². The van der Waals surface area contributed by atoms with Gasteiger partial charge in [-0.25, -0.2) is 0 Å². The lowest BCUT2D eigenvalue weighted by atomic mass is 10.0. The van der Waals surface area contributed by atoms with Gasteiger partial charge >= 0.3 is 0 Å². The third-order valence-electron chi connectivity index (χ3n) is 3.82. The van der Waals surface area contributed by atoms with E-state index < -0.39 is 0 Å². The Hall–Kier alpha value is -1.81. The standard InChI is InChI=1S/C15H20N4/c16-15-14(10-17-18-15)13-7-3-2-6-12(13)11-19-8-4-1-5-9-19/h2-3,6-7,10H,1,4-5,8-9,11H2,(H3,16,17,18). The maximum atomic E-state index is 5.94. The van der Waals surface area contributed by atoms with Crippen LogP contribution >= 0.6 is 0 Å². The average molecular weight is 256 g/mol. The first-order valence-electron chi connectivity index (χ1n) is 6.94. The molecule has 100 valence electrons. The quantitative estimate of drug-likeness (QED) is 0.887. The summed E-state index contributed by atoms with van der Waals surface area (Å²) >= 11 is 0. The number of hydrogen-bond acceptors (Lipinski definition) is 3. The van der Waals surface area contributed by atoms with Crippen LogP contribution < -0.4 is 5.73 Å². The molecule has 1 saturated heterocycles. The maximum absolute atomic E-state index is 5.94. The normalized spacial score (nSPS) is 16.6. The van der Waals surface area contributed by atoms with Gasteiger partial charge in [0.25, 0.3) is 0 Å². The number of nitrogen functional groups attached to an aromatic ring is 1. The summed E-state index contributed by atoms with van der Waals surface area (Å²) in [5, 5.41) is 6.83. The number of likely N-dealkylation sites (tertiary alicyclic amines) is 1. The first-order valence-corrected chi connectivity index (χ1v) is 6.94. The Bertz CT molecular complexity index is 541. The van der Waals surface area contributed by atoms with E-state index in [0.29, 0.717) is 5.82 Å². The minimum Gasteiger partial charge on any atom is -0.384 e. The number of nitrogens with zero attached hydrogens (tertiary/aromatic N) is 2. The van der Waals surface area contributed by atoms with Crippen molar-refractivity contribution in [2.45, 2.75) is 25.8 Å². The molecule has 0 amide bonds. The molecule has 1 aromatic heterocycles. The van der Waals surface area contributed by atoms with Gasteiger partial charge in [0.2, 0.25) is 0 Å². The number of piperidine rings is 1. The van der Waals surface area contributed by atoms with E-state index in [0.717, 1.165) is 12.1 Å². The van der Waals surface area contributed by atoms with Gasteiger partial charge in [0, 0.05) is 12.1 Å². The fourth-order valence-corrected chi connectivity index (χ4v) is 2.79. The van der Waals surface area contributed by atoms with E-state index in [1.165, 1.54) is 43.5 Å². The molecule has 4 heteroatoms. The first-order chi connectivity index (χ1) is 9.34. The molecule has 2 aromatic rings. The smallest absolute Gasteiger partial charge is 0.126 e. The topological polar surface area (TPSA) is 57.9 Å². The molecule has 3 rings (SSSR count). The fraction of sp³-hybridized carbons (Fsp3) is 0.400. The van der Waals surface area contributed by atoms with Crippen LogP contribution in [-0.4, -0.2) is 28.2 Å². The molecule has 0 saturated carbocycles. The molecule has 1 aliphatic rings. The van der Waals surface area contributed by atoms with Crippen LogP contribution in [0.1, 0.15) is 24.8 Å². The molecule has 1 aromatic carbocycles. The van der Waals surface area contributed by atoms with Crippen LogP contribution in [0.2, 0.25) is 0 Å². The van der Waals surface area contributed by atoms with Gasteiger partial charge in [-0.15, -0.1) is 0 Å². The van der Waals surface area contributed by atoms with Crippen LogP contribution in [0.15, 0.2) is 30.5 Å². The zero-order valence-corrected chi connectivity index (χ0v) is 11.1. The van der Waals surface area contributed by atoms with Crippen molar-refractivity contribution < 1.29 is 0 Å². The lowest BCUT2D eigenvalue weighted by Crippen LogP contribution is -2.29. The van der Waals surface area contributed by atoms with Gasteiger partial charge < -0.3 is 5.73 Å². The summed E-state index contributed by atoms with van der Waals surface area (Å²) in [7, 11) is 0. The molecule has 3 N–H and O–H groups in total. The van der Waals surface area contributed by atoms with Crippen molar-refractivity contribution >= 4 is 5.82 Å². The maximum Gasteiger partial charge on any atom is 0.126 e. The van der Waals surface area contributed by atoms with Crippen molar-refractivity contribution in [3.05, 3.63) is 36.0 Å². The predicted molar refractivity (Wildman–Crippen MR) is 77.6 cm³/mol. The zero-order valence-electron chi connectivity index (χ0n) is 11.1. The lowest BCUT2D eigenvalue weighted by Gasteiger charge is -2.27. The molecule has 0 atom stereocenters. The van der Waals surface area contributed by atoms with Crippen molar-refractivity contribution in [3.8, 4) is 11.1 Å². The molecule has 0 unspecified atom stereocenters. The molecule has 1 aliphatic heterocycles. The molecular formula is C15H20N4. The SMILES string of the molecule is Nc1[nH]ncc1-c1ccccc1CN1CCCCC1. The number of nitrogens with one attached hydrogen (secondary N) is 1. The van der Waals surface area contributed by atoms with Crippen LogP contribution in [-0.2, 0) is 6.54 Å². The van der Waals surface area contributed by atoms with Crippen LogP contribution in [0.4, 0.5) is 5.82 Å². The Morgan fingerprint density at radius 2 is 1.89 bits per heavy atom. The summed E-state index contributed by atoms with van der Waals surface area (Å²) in [6.45, 7) is 3.41. The second-order valence-electron chi connectivity index (χ2n) is 5.19. The average Bonchev–Trinajstić information content (AvgIpc) is 2.87. The van der Waals surface area contributed by atoms with Gasteiger partial charge in [-0.2, -0.15) is 5.10 Å². The number of H-pyrrole nitrogens is 1. The van der Waals surface area contributed by atoms with Crippen LogP contribution in [0.25, 0.3) is 11.1 Å². The summed E-state index contributed by atoms with van der Waals surface area (Å²) in [5.41, 5.74) is 9.47. The van der Waals surface area contributed by atoms with E-state index >= 15 is 0 Å². The van der Waals surface area contributed by atoms with Gasteiger partial charge in [-0.1, -0.05) is 30.7 Å². The van der Waals surface area contributed by atoms with Crippen LogP contribution in [0.3, 0.4) is 0 Å². The van der Waals surface area contributed by atoms with E-state index in [9.17, 15) is 0 Å². The number of aromatic nitrogens is 2. The summed E-state index contributed by atoms with van der Waals surface area (Å²) < 4.78 is 0. The van der Waals surface area contributed by atoms with Crippen LogP contribution in [0.5, 0.6) is 0 Å². The second kappa shape index (κ2) is 5.45. The molecule has 0 bridgehead atoms. The summed E-state index contributed by atoms with van der Waals surface area (Å²) in [6.07, 6.45) is 5.81. The van der Waals surface area contributed by atoms with Crippen molar-refractivity contribution in [1.29, 1.82) is 0 Å². The van der Waals surface area contributed by atoms with E-state index in [-0.39, 0.29) is 0 Å². The largest absolute Gasteiger partial charge is 0.384 e. The second-order valence-corrected chi connectivity index (χ2v) is 5.19. The Labute approximate surface area is 113 Å². The van der Waals surface area contributed by atoms with E-state index in [1.54, 1.807) is 0 Å². The molecular weight excluding hydrogens is 236 g/mol. The van der Waals surface area contributed by atoms with Gasteiger partial charge in [0.1, 0.15) is 5.82 Å². The number of aromatic amines is 1. The number of hydrogen-bond donors (Lipinski definition) is 2. The highest BCUT2D eigenvalue weighted by Crippen LogP contribution is 2.28. The van der Waals surface area contributed by atoms with Crippen molar-refractivity contribution in [3.63, 3.8) is 0 Å². The molecule has 2 heterocycles. The van der Waals surface area contributed by atoms with Crippen LogP contribution in [0, 0.1) is 0 Å². The Kier molecular flexibility index (Phi) is 3.51. The molecule has 4 nitrogen and oxygen atoms in total. The summed E-state index contributed by atoms with van der Waals surface area (Å²) in [5.74, 6) is 0.645. The van der Waals surface area contributed by atoms with E-state index in [2.05, 4.69) is 39.4 Å². The highest BCUT2D eigenvalue weighted by molar-refractivity contribution is 5.75. The number of benzene rings is 1.